The average molecular weight is 325 g/mol. The second-order valence-electron chi connectivity index (χ2n) is 6.61. The van der Waals surface area contributed by atoms with E-state index >= 15 is 0 Å². The molecule has 1 saturated carbocycles. The fraction of sp³-hybridized carbons (Fsp3) is 0.474. The minimum absolute atomic E-state index is 0.507. The molecule has 0 radical (unpaired) electrons. The summed E-state index contributed by atoms with van der Waals surface area (Å²) in [6, 6.07) is 8.27. The monoisotopic (exact) mass is 325 g/mol. The molecule has 2 heterocycles. The van der Waals surface area contributed by atoms with Gasteiger partial charge in [-0.1, -0.05) is 24.6 Å². The van der Waals surface area contributed by atoms with Crippen molar-refractivity contribution in [2.45, 2.75) is 38.1 Å². The second kappa shape index (κ2) is 6.77. The van der Waals surface area contributed by atoms with Crippen molar-refractivity contribution >= 4 is 5.57 Å². The highest BCUT2D eigenvalue weighted by atomic mass is 16.5. The van der Waals surface area contributed by atoms with Crippen molar-refractivity contribution in [2.24, 2.45) is 0 Å². The van der Waals surface area contributed by atoms with Crippen LogP contribution in [-0.4, -0.2) is 35.3 Å². The Hall–Kier alpha value is -2.14. The molecule has 1 aromatic carbocycles. The number of methoxy groups -OCH3 is 1. The van der Waals surface area contributed by atoms with Crippen LogP contribution < -0.4 is 4.74 Å². The zero-order valence-corrected chi connectivity index (χ0v) is 14.1. The maximum atomic E-state index is 5.83. The molecule has 5 nitrogen and oxygen atoms in total. The summed E-state index contributed by atoms with van der Waals surface area (Å²) in [6.45, 7) is 2.65. The Bertz CT molecular complexity index is 734. The topological polar surface area (TPSA) is 51.4 Å². The van der Waals surface area contributed by atoms with Crippen LogP contribution in [0.4, 0.5) is 0 Å². The molecule has 1 aliphatic carbocycles. The molecule has 0 saturated heterocycles. The van der Waals surface area contributed by atoms with Gasteiger partial charge in [0.1, 0.15) is 5.75 Å². The lowest BCUT2D eigenvalue weighted by Crippen LogP contribution is -2.28. The van der Waals surface area contributed by atoms with Crippen molar-refractivity contribution in [1.82, 2.24) is 15.1 Å². The van der Waals surface area contributed by atoms with Gasteiger partial charge < -0.3 is 9.15 Å². The number of rotatable bonds is 5. The van der Waals surface area contributed by atoms with Gasteiger partial charge in [-0.25, -0.2) is 0 Å². The van der Waals surface area contributed by atoms with E-state index in [9.17, 15) is 0 Å². The molecule has 126 valence electrons. The van der Waals surface area contributed by atoms with Gasteiger partial charge >= 0.3 is 0 Å². The second-order valence-corrected chi connectivity index (χ2v) is 6.61. The molecule has 2 aromatic rings. The van der Waals surface area contributed by atoms with Crippen LogP contribution in [-0.2, 0) is 6.54 Å². The van der Waals surface area contributed by atoms with E-state index in [0.29, 0.717) is 5.92 Å². The first kappa shape index (κ1) is 15.4. The van der Waals surface area contributed by atoms with Crippen LogP contribution in [0.2, 0.25) is 0 Å². The van der Waals surface area contributed by atoms with Gasteiger partial charge in [0, 0.05) is 19.0 Å². The summed E-state index contributed by atoms with van der Waals surface area (Å²) in [6.07, 6.45) is 6.99. The van der Waals surface area contributed by atoms with Crippen LogP contribution in [0.3, 0.4) is 0 Å². The van der Waals surface area contributed by atoms with Crippen LogP contribution in [0.15, 0.2) is 34.8 Å². The summed E-state index contributed by atoms with van der Waals surface area (Å²) in [4.78, 5) is 2.35. The van der Waals surface area contributed by atoms with E-state index in [1.807, 2.05) is 12.1 Å². The summed E-state index contributed by atoms with van der Waals surface area (Å²) in [5, 5.41) is 8.43. The van der Waals surface area contributed by atoms with E-state index < -0.39 is 0 Å². The Morgan fingerprint density at radius 3 is 2.92 bits per heavy atom. The molecule has 1 aliphatic heterocycles. The first-order valence-corrected chi connectivity index (χ1v) is 8.70. The minimum atomic E-state index is 0.507. The van der Waals surface area contributed by atoms with Gasteiger partial charge in [-0.3, -0.25) is 4.90 Å². The van der Waals surface area contributed by atoms with Crippen molar-refractivity contribution in [1.29, 1.82) is 0 Å². The highest BCUT2D eigenvalue weighted by Gasteiger charge is 2.25. The van der Waals surface area contributed by atoms with Gasteiger partial charge in [-0.15, -0.1) is 10.2 Å². The molecule has 0 spiro atoms. The largest absolute Gasteiger partial charge is 0.497 e. The third-order valence-electron chi connectivity index (χ3n) is 5.03. The molecule has 0 amide bonds. The van der Waals surface area contributed by atoms with E-state index in [-0.39, 0.29) is 0 Å². The van der Waals surface area contributed by atoms with E-state index in [1.54, 1.807) is 7.11 Å². The summed E-state index contributed by atoms with van der Waals surface area (Å²) in [7, 11) is 1.71. The standard InChI is InChI=1S/C19H23N3O2/c1-23-17-7-3-6-16(12-17)14-8-10-22(11-9-14)13-18-20-21-19(24-18)15-4-2-5-15/h3,6-8,12,15H,2,4-5,9-11,13H2,1H3. The zero-order chi connectivity index (χ0) is 16.4. The van der Waals surface area contributed by atoms with Crippen molar-refractivity contribution < 1.29 is 9.15 Å². The maximum Gasteiger partial charge on any atom is 0.230 e. The number of hydrogen-bond donors (Lipinski definition) is 0. The number of nitrogens with zero attached hydrogens (tertiary/aromatic N) is 3. The SMILES string of the molecule is COc1cccc(C2=CCN(Cc3nnc(C4CCC4)o3)CC2)c1. The average Bonchev–Trinajstić information content (AvgIpc) is 3.02. The number of aromatic nitrogens is 2. The fourth-order valence-corrected chi connectivity index (χ4v) is 3.28. The summed E-state index contributed by atoms with van der Waals surface area (Å²) < 4.78 is 11.1. The van der Waals surface area contributed by atoms with Gasteiger partial charge in [-0.2, -0.15) is 0 Å². The van der Waals surface area contributed by atoms with Crippen LogP contribution in [0.1, 0.15) is 48.9 Å². The molecule has 24 heavy (non-hydrogen) atoms. The molecule has 0 N–H and O–H groups in total. The highest BCUT2D eigenvalue weighted by molar-refractivity contribution is 5.67. The first-order valence-electron chi connectivity index (χ1n) is 8.70. The quantitative estimate of drug-likeness (QED) is 0.840. The first-order chi connectivity index (χ1) is 11.8. The highest BCUT2D eigenvalue weighted by Crippen LogP contribution is 2.35. The molecule has 0 unspecified atom stereocenters. The number of ether oxygens (including phenoxy) is 1. The number of benzene rings is 1. The Kier molecular flexibility index (Phi) is 4.34. The predicted molar refractivity (Wildman–Crippen MR) is 91.8 cm³/mol. The Morgan fingerprint density at radius 2 is 2.21 bits per heavy atom. The van der Waals surface area contributed by atoms with Crippen LogP contribution >= 0.6 is 0 Å². The molecular formula is C19H23N3O2. The van der Waals surface area contributed by atoms with Gasteiger partial charge in [0.25, 0.3) is 0 Å². The Balaban J connectivity index is 1.38. The normalized spacial score (nSPS) is 19.0. The molecule has 5 heteroatoms. The van der Waals surface area contributed by atoms with Crippen LogP contribution in [0.25, 0.3) is 5.57 Å². The fourth-order valence-electron chi connectivity index (χ4n) is 3.28. The molecule has 1 fully saturated rings. The van der Waals surface area contributed by atoms with E-state index in [2.05, 4.69) is 33.3 Å². The van der Waals surface area contributed by atoms with Gasteiger partial charge in [-0.05, 0) is 42.5 Å². The van der Waals surface area contributed by atoms with E-state index in [1.165, 1.54) is 30.4 Å². The summed E-state index contributed by atoms with van der Waals surface area (Å²) in [5.74, 6) is 2.99. The lowest BCUT2D eigenvalue weighted by molar-refractivity contribution is 0.249. The number of hydrogen-bond acceptors (Lipinski definition) is 5. The van der Waals surface area contributed by atoms with Crippen molar-refractivity contribution in [3.63, 3.8) is 0 Å². The molecule has 0 bridgehead atoms. The van der Waals surface area contributed by atoms with Crippen molar-refractivity contribution in [3.8, 4) is 5.75 Å². The summed E-state index contributed by atoms with van der Waals surface area (Å²) >= 11 is 0. The third-order valence-corrected chi connectivity index (χ3v) is 5.03. The van der Waals surface area contributed by atoms with Crippen molar-refractivity contribution in [3.05, 3.63) is 47.7 Å². The Morgan fingerprint density at radius 1 is 1.29 bits per heavy atom. The molecule has 0 atom stereocenters. The molecule has 4 rings (SSSR count). The summed E-state index contributed by atoms with van der Waals surface area (Å²) in [5.41, 5.74) is 2.63. The molecule has 1 aromatic heterocycles. The van der Waals surface area contributed by atoms with E-state index in [4.69, 9.17) is 9.15 Å². The van der Waals surface area contributed by atoms with Gasteiger partial charge in [0.15, 0.2) is 0 Å². The van der Waals surface area contributed by atoms with Gasteiger partial charge in [0.2, 0.25) is 11.8 Å². The lowest BCUT2D eigenvalue weighted by atomic mass is 9.85. The smallest absolute Gasteiger partial charge is 0.230 e. The van der Waals surface area contributed by atoms with Gasteiger partial charge in [0.05, 0.1) is 13.7 Å². The minimum Gasteiger partial charge on any atom is -0.497 e. The zero-order valence-electron chi connectivity index (χ0n) is 14.1. The van der Waals surface area contributed by atoms with Crippen LogP contribution in [0.5, 0.6) is 5.75 Å². The lowest BCUT2D eigenvalue weighted by Gasteiger charge is -2.25. The molecular weight excluding hydrogens is 302 g/mol. The van der Waals surface area contributed by atoms with E-state index in [0.717, 1.165) is 43.6 Å². The van der Waals surface area contributed by atoms with Crippen molar-refractivity contribution in [2.75, 3.05) is 20.2 Å². The maximum absolute atomic E-state index is 5.83. The van der Waals surface area contributed by atoms with Crippen LogP contribution in [0, 0.1) is 0 Å². The predicted octanol–water partition coefficient (Wildman–Crippen LogP) is 3.64. The Labute approximate surface area is 142 Å². The molecule has 2 aliphatic rings. The third kappa shape index (κ3) is 3.22.